The van der Waals surface area contributed by atoms with Crippen LogP contribution in [0.2, 0.25) is 0 Å². The zero-order chi connectivity index (χ0) is 18.8. The van der Waals surface area contributed by atoms with Crippen molar-refractivity contribution in [2.75, 3.05) is 40.3 Å². The van der Waals surface area contributed by atoms with Gasteiger partial charge in [-0.2, -0.15) is 0 Å². The molecule has 0 aromatic heterocycles. The van der Waals surface area contributed by atoms with Crippen LogP contribution in [0, 0.1) is 0 Å². The summed E-state index contributed by atoms with van der Waals surface area (Å²) in [6.07, 6.45) is 4.21. The third-order valence-electron chi connectivity index (χ3n) is 4.47. The number of hydrogen-bond acceptors (Lipinski definition) is 4. The summed E-state index contributed by atoms with van der Waals surface area (Å²) in [6.45, 7) is 9.68. The van der Waals surface area contributed by atoms with E-state index < -0.39 is 0 Å². The van der Waals surface area contributed by atoms with Gasteiger partial charge >= 0.3 is 0 Å². The second-order valence-electron chi connectivity index (χ2n) is 6.57. The van der Waals surface area contributed by atoms with Gasteiger partial charge < -0.3 is 20.1 Å². The topological polar surface area (TPSA) is 58.1 Å². The van der Waals surface area contributed by atoms with E-state index in [2.05, 4.69) is 27.1 Å². The average molecular weight is 488 g/mol. The van der Waals surface area contributed by atoms with Crippen LogP contribution in [0.5, 0.6) is 11.5 Å². The molecule has 2 N–H and O–H groups in total. The second kappa shape index (κ2) is 12.8. The molecular weight excluding hydrogens is 455 g/mol. The molecule has 0 saturated carbocycles. The van der Waals surface area contributed by atoms with Gasteiger partial charge in [0.15, 0.2) is 5.96 Å². The molecule has 27 heavy (non-hydrogen) atoms. The normalized spacial score (nSPS) is 16.8. The summed E-state index contributed by atoms with van der Waals surface area (Å²) in [5, 5.41) is 6.87. The molecule has 0 spiro atoms. The molecule has 152 valence electrons. The van der Waals surface area contributed by atoms with E-state index in [-0.39, 0.29) is 30.1 Å². The molecule has 7 heteroatoms. The Kier molecular flexibility index (Phi) is 11.2. The molecular formula is C20H33IN4O2. The van der Waals surface area contributed by atoms with Crippen LogP contribution in [0.4, 0.5) is 0 Å². The Morgan fingerprint density at radius 2 is 2.07 bits per heavy atom. The molecule has 1 aliphatic rings. The first-order valence-corrected chi connectivity index (χ1v) is 9.25. The summed E-state index contributed by atoms with van der Waals surface area (Å²) in [5.74, 6) is 2.42. The number of ether oxygens (including phenoxy) is 2. The molecule has 2 rings (SSSR count). The molecule has 1 saturated heterocycles. The van der Waals surface area contributed by atoms with E-state index in [0.29, 0.717) is 12.6 Å². The number of likely N-dealkylation sites (tertiary alicyclic amines) is 1. The average Bonchev–Trinajstić information content (AvgIpc) is 2.66. The molecule has 0 radical (unpaired) electrons. The minimum absolute atomic E-state index is 0. The van der Waals surface area contributed by atoms with Gasteiger partial charge in [-0.25, -0.2) is 0 Å². The summed E-state index contributed by atoms with van der Waals surface area (Å²) in [6, 6.07) is 8.11. The lowest BCUT2D eigenvalue weighted by Crippen LogP contribution is -2.50. The standard InChI is InChI=1S/C20H32N4O2.HI/c1-5-11-24-12-9-17(10-13-24)23-20(21-3)22-15-16(2)26-19-8-6-7-18(14-19)25-4;/h5-8,14,16-17H,1,9-13,15H2,2-4H3,(H2,21,22,23);1H. The van der Waals surface area contributed by atoms with Crippen LogP contribution in [0.3, 0.4) is 0 Å². The molecule has 1 heterocycles. The second-order valence-corrected chi connectivity index (χ2v) is 6.57. The maximum absolute atomic E-state index is 5.94. The van der Waals surface area contributed by atoms with Crippen molar-refractivity contribution in [3.63, 3.8) is 0 Å². The highest BCUT2D eigenvalue weighted by Crippen LogP contribution is 2.19. The van der Waals surface area contributed by atoms with Crippen molar-refractivity contribution in [3.8, 4) is 11.5 Å². The fourth-order valence-corrected chi connectivity index (χ4v) is 3.02. The molecule has 1 fully saturated rings. The first-order chi connectivity index (χ1) is 12.6. The summed E-state index contributed by atoms with van der Waals surface area (Å²) < 4.78 is 11.2. The third kappa shape index (κ3) is 8.38. The summed E-state index contributed by atoms with van der Waals surface area (Å²) >= 11 is 0. The maximum atomic E-state index is 5.94. The van der Waals surface area contributed by atoms with E-state index in [1.807, 2.05) is 37.3 Å². The molecule has 0 aliphatic carbocycles. The lowest BCUT2D eigenvalue weighted by Gasteiger charge is -2.32. The number of aliphatic imine (C=N–C) groups is 1. The first-order valence-electron chi connectivity index (χ1n) is 9.25. The fraction of sp³-hybridized carbons (Fsp3) is 0.550. The van der Waals surface area contributed by atoms with Gasteiger partial charge in [0.05, 0.1) is 13.7 Å². The largest absolute Gasteiger partial charge is 0.497 e. The van der Waals surface area contributed by atoms with Crippen molar-refractivity contribution in [2.45, 2.75) is 31.9 Å². The van der Waals surface area contributed by atoms with Gasteiger partial charge in [0.1, 0.15) is 17.6 Å². The van der Waals surface area contributed by atoms with Crippen LogP contribution >= 0.6 is 24.0 Å². The van der Waals surface area contributed by atoms with E-state index in [4.69, 9.17) is 9.47 Å². The van der Waals surface area contributed by atoms with E-state index in [1.165, 1.54) is 0 Å². The Bertz CT molecular complexity index is 589. The molecule has 1 aromatic carbocycles. The molecule has 6 nitrogen and oxygen atoms in total. The van der Waals surface area contributed by atoms with E-state index in [1.54, 1.807) is 14.2 Å². The van der Waals surface area contributed by atoms with Crippen molar-refractivity contribution in [1.82, 2.24) is 15.5 Å². The lowest BCUT2D eigenvalue weighted by atomic mass is 10.1. The third-order valence-corrected chi connectivity index (χ3v) is 4.47. The zero-order valence-corrected chi connectivity index (χ0v) is 18.9. The number of piperidine rings is 1. The van der Waals surface area contributed by atoms with Crippen molar-refractivity contribution in [3.05, 3.63) is 36.9 Å². The number of nitrogens with one attached hydrogen (secondary N) is 2. The van der Waals surface area contributed by atoms with Crippen molar-refractivity contribution < 1.29 is 9.47 Å². The van der Waals surface area contributed by atoms with Gasteiger partial charge in [0.2, 0.25) is 0 Å². The Morgan fingerprint density at radius 1 is 1.37 bits per heavy atom. The van der Waals surface area contributed by atoms with Crippen LogP contribution in [0.25, 0.3) is 0 Å². The van der Waals surface area contributed by atoms with Gasteiger partial charge in [-0.3, -0.25) is 9.89 Å². The minimum atomic E-state index is 0. The quantitative estimate of drug-likeness (QED) is 0.255. The van der Waals surface area contributed by atoms with Crippen LogP contribution in [-0.4, -0.2) is 63.3 Å². The minimum Gasteiger partial charge on any atom is -0.497 e. The number of benzene rings is 1. The Balaban J connectivity index is 0.00000364. The maximum Gasteiger partial charge on any atom is 0.191 e. The first kappa shape index (κ1) is 23.6. The van der Waals surface area contributed by atoms with Crippen molar-refractivity contribution in [1.29, 1.82) is 0 Å². The highest BCUT2D eigenvalue weighted by Gasteiger charge is 2.19. The molecule has 1 aliphatic heterocycles. The van der Waals surface area contributed by atoms with Gasteiger partial charge in [-0.1, -0.05) is 12.1 Å². The highest BCUT2D eigenvalue weighted by molar-refractivity contribution is 14.0. The summed E-state index contributed by atoms with van der Waals surface area (Å²) in [4.78, 5) is 6.76. The van der Waals surface area contributed by atoms with Crippen LogP contribution in [0.15, 0.2) is 41.9 Å². The number of nitrogens with zero attached hydrogens (tertiary/aromatic N) is 2. The number of methoxy groups -OCH3 is 1. The van der Waals surface area contributed by atoms with E-state index in [0.717, 1.165) is 49.9 Å². The van der Waals surface area contributed by atoms with Crippen LogP contribution in [-0.2, 0) is 0 Å². The van der Waals surface area contributed by atoms with Crippen LogP contribution < -0.4 is 20.1 Å². The Hall–Kier alpha value is -1.48. The Labute approximate surface area is 180 Å². The predicted molar refractivity (Wildman–Crippen MR) is 123 cm³/mol. The van der Waals surface area contributed by atoms with Gasteiger partial charge in [-0.05, 0) is 31.9 Å². The van der Waals surface area contributed by atoms with Crippen molar-refractivity contribution in [2.24, 2.45) is 4.99 Å². The smallest absolute Gasteiger partial charge is 0.191 e. The highest BCUT2D eigenvalue weighted by atomic mass is 127. The van der Waals surface area contributed by atoms with Gasteiger partial charge in [-0.15, -0.1) is 30.6 Å². The van der Waals surface area contributed by atoms with Gasteiger partial charge in [0, 0.05) is 38.8 Å². The predicted octanol–water partition coefficient (Wildman–Crippen LogP) is 2.90. The van der Waals surface area contributed by atoms with Gasteiger partial charge in [0.25, 0.3) is 0 Å². The molecule has 1 atom stereocenters. The van der Waals surface area contributed by atoms with E-state index >= 15 is 0 Å². The number of rotatable bonds is 8. The zero-order valence-electron chi connectivity index (χ0n) is 16.6. The Morgan fingerprint density at radius 3 is 2.70 bits per heavy atom. The molecule has 1 aromatic rings. The molecule has 1 unspecified atom stereocenters. The summed E-state index contributed by atoms with van der Waals surface area (Å²) in [7, 11) is 3.46. The summed E-state index contributed by atoms with van der Waals surface area (Å²) in [5.41, 5.74) is 0. The SMILES string of the molecule is C=CCN1CCC(NC(=NC)NCC(C)Oc2cccc(OC)c2)CC1.I. The van der Waals surface area contributed by atoms with E-state index in [9.17, 15) is 0 Å². The molecule has 0 amide bonds. The number of halogens is 1. The number of guanidine groups is 1. The van der Waals surface area contributed by atoms with Crippen LogP contribution in [0.1, 0.15) is 19.8 Å². The monoisotopic (exact) mass is 488 g/mol. The fourth-order valence-electron chi connectivity index (χ4n) is 3.02. The molecule has 0 bridgehead atoms. The van der Waals surface area contributed by atoms with Crippen molar-refractivity contribution >= 4 is 29.9 Å². The number of hydrogen-bond donors (Lipinski definition) is 2. The lowest BCUT2D eigenvalue weighted by molar-refractivity contribution is 0.218.